The van der Waals surface area contributed by atoms with E-state index in [9.17, 15) is 4.79 Å². The molecule has 0 radical (unpaired) electrons. The third kappa shape index (κ3) is 5.45. The number of piperidine rings is 1. The van der Waals surface area contributed by atoms with E-state index in [4.69, 9.17) is 4.74 Å². The first-order valence-electron chi connectivity index (χ1n) is 9.06. The molecule has 2 atom stereocenters. The van der Waals surface area contributed by atoms with Crippen LogP contribution in [0.15, 0.2) is 0 Å². The quantitative estimate of drug-likeness (QED) is 0.839. The van der Waals surface area contributed by atoms with Crippen LogP contribution in [0.3, 0.4) is 0 Å². The van der Waals surface area contributed by atoms with Gasteiger partial charge in [0.25, 0.3) is 0 Å². The summed E-state index contributed by atoms with van der Waals surface area (Å²) in [6.45, 7) is 10.8. The fourth-order valence-electron chi connectivity index (χ4n) is 3.37. The lowest BCUT2D eigenvalue weighted by Crippen LogP contribution is -2.48. The van der Waals surface area contributed by atoms with E-state index in [1.165, 1.54) is 32.1 Å². The normalized spacial score (nSPS) is 24.7. The molecule has 0 bridgehead atoms. The molecule has 4 nitrogen and oxygen atoms in total. The van der Waals surface area contributed by atoms with E-state index in [1.54, 1.807) is 0 Å². The van der Waals surface area contributed by atoms with E-state index in [0.717, 1.165) is 32.0 Å². The van der Waals surface area contributed by atoms with Crippen molar-refractivity contribution < 1.29 is 9.53 Å². The number of hydrogen-bond acceptors (Lipinski definition) is 3. The number of likely N-dealkylation sites (tertiary alicyclic amines) is 1. The average molecular weight is 310 g/mol. The van der Waals surface area contributed by atoms with Gasteiger partial charge in [0, 0.05) is 19.1 Å². The number of amides is 1. The Balaban J connectivity index is 1.72. The summed E-state index contributed by atoms with van der Waals surface area (Å²) in [5, 5.41) is 3.68. The Hall–Kier alpha value is -0.770. The molecule has 1 aliphatic carbocycles. The van der Waals surface area contributed by atoms with Crippen LogP contribution in [0.4, 0.5) is 4.79 Å². The number of nitrogens with one attached hydrogen (secondary N) is 1. The van der Waals surface area contributed by atoms with Gasteiger partial charge in [-0.3, -0.25) is 0 Å². The summed E-state index contributed by atoms with van der Waals surface area (Å²) in [4.78, 5) is 14.1. The van der Waals surface area contributed by atoms with Gasteiger partial charge in [-0.05, 0) is 65.3 Å². The Morgan fingerprint density at radius 1 is 1.27 bits per heavy atom. The second kappa shape index (κ2) is 7.67. The first-order chi connectivity index (χ1) is 10.3. The van der Waals surface area contributed by atoms with Crippen LogP contribution in [-0.2, 0) is 4.74 Å². The third-order valence-corrected chi connectivity index (χ3v) is 5.06. The standard InChI is InChI=1S/C18H34N2O2/c1-14(19-11-10-15-7-5-8-15)16-9-6-12-20(13-16)17(21)22-18(2,3)4/h14-16,19H,5-13H2,1-4H3. The Morgan fingerprint density at radius 3 is 2.59 bits per heavy atom. The Morgan fingerprint density at radius 2 is 2.00 bits per heavy atom. The number of carbonyl (C=O) groups is 1. The van der Waals surface area contributed by atoms with Crippen LogP contribution in [0.1, 0.15) is 66.2 Å². The summed E-state index contributed by atoms with van der Waals surface area (Å²) in [6, 6.07) is 0.477. The molecule has 2 rings (SSSR count). The third-order valence-electron chi connectivity index (χ3n) is 5.06. The SMILES string of the molecule is CC(NCCC1CCC1)C1CCCN(C(=O)OC(C)(C)C)C1. The van der Waals surface area contributed by atoms with Crippen LogP contribution < -0.4 is 5.32 Å². The number of rotatable bonds is 5. The lowest BCUT2D eigenvalue weighted by atomic mass is 9.83. The highest BCUT2D eigenvalue weighted by atomic mass is 16.6. The minimum atomic E-state index is -0.406. The van der Waals surface area contributed by atoms with Gasteiger partial charge in [-0.2, -0.15) is 0 Å². The summed E-state index contributed by atoms with van der Waals surface area (Å²) in [6.07, 6.45) is 7.72. The van der Waals surface area contributed by atoms with Crippen LogP contribution in [0.2, 0.25) is 0 Å². The highest BCUT2D eigenvalue weighted by Gasteiger charge is 2.30. The zero-order chi connectivity index (χ0) is 16.2. The van der Waals surface area contributed by atoms with Crippen molar-refractivity contribution in [2.24, 2.45) is 11.8 Å². The zero-order valence-electron chi connectivity index (χ0n) is 14.9. The highest BCUT2D eigenvalue weighted by molar-refractivity contribution is 5.68. The molecule has 1 amide bonds. The molecule has 22 heavy (non-hydrogen) atoms. The predicted molar refractivity (Wildman–Crippen MR) is 90.0 cm³/mol. The van der Waals surface area contributed by atoms with E-state index in [2.05, 4.69) is 12.2 Å². The van der Waals surface area contributed by atoms with Gasteiger partial charge in [0.05, 0.1) is 0 Å². The van der Waals surface area contributed by atoms with Crippen molar-refractivity contribution in [2.45, 2.75) is 77.9 Å². The Kier molecular flexibility index (Phi) is 6.13. The molecule has 128 valence electrons. The minimum absolute atomic E-state index is 0.154. The van der Waals surface area contributed by atoms with Gasteiger partial charge in [0.15, 0.2) is 0 Å². The predicted octanol–water partition coefficient (Wildman–Crippen LogP) is 3.80. The molecule has 0 aromatic carbocycles. The molecule has 1 aliphatic heterocycles. The maximum atomic E-state index is 12.2. The number of ether oxygens (including phenoxy) is 1. The van der Waals surface area contributed by atoms with Crippen LogP contribution >= 0.6 is 0 Å². The number of hydrogen-bond donors (Lipinski definition) is 1. The summed E-state index contributed by atoms with van der Waals surface area (Å²) >= 11 is 0. The number of nitrogens with zero attached hydrogens (tertiary/aromatic N) is 1. The summed E-state index contributed by atoms with van der Waals surface area (Å²) < 4.78 is 5.51. The topological polar surface area (TPSA) is 41.6 Å². The van der Waals surface area contributed by atoms with Crippen molar-refractivity contribution in [3.8, 4) is 0 Å². The monoisotopic (exact) mass is 310 g/mol. The summed E-state index contributed by atoms with van der Waals surface area (Å²) in [5.74, 6) is 1.51. The molecule has 1 heterocycles. The van der Waals surface area contributed by atoms with E-state index in [0.29, 0.717) is 12.0 Å². The average Bonchev–Trinajstić information content (AvgIpc) is 2.39. The summed E-state index contributed by atoms with van der Waals surface area (Å²) in [7, 11) is 0. The second-order valence-electron chi connectivity index (χ2n) is 8.16. The van der Waals surface area contributed by atoms with Gasteiger partial charge in [0.1, 0.15) is 5.60 Å². The minimum Gasteiger partial charge on any atom is -0.444 e. The molecule has 1 N–H and O–H groups in total. The van der Waals surface area contributed by atoms with Crippen LogP contribution in [0.5, 0.6) is 0 Å². The maximum Gasteiger partial charge on any atom is 0.410 e. The van der Waals surface area contributed by atoms with E-state index in [1.807, 2.05) is 25.7 Å². The Labute approximate surface area is 136 Å². The fourth-order valence-corrected chi connectivity index (χ4v) is 3.37. The van der Waals surface area contributed by atoms with Gasteiger partial charge in [0.2, 0.25) is 0 Å². The second-order valence-corrected chi connectivity index (χ2v) is 8.16. The molecule has 0 aromatic heterocycles. The highest BCUT2D eigenvalue weighted by Crippen LogP contribution is 2.29. The lowest BCUT2D eigenvalue weighted by Gasteiger charge is -2.37. The largest absolute Gasteiger partial charge is 0.444 e. The molecule has 2 aliphatic rings. The molecule has 0 spiro atoms. The lowest BCUT2D eigenvalue weighted by molar-refractivity contribution is 0.0148. The summed E-state index contributed by atoms with van der Waals surface area (Å²) in [5.41, 5.74) is -0.406. The molecule has 2 unspecified atom stereocenters. The molecule has 1 saturated heterocycles. The van der Waals surface area contributed by atoms with Crippen LogP contribution in [-0.4, -0.2) is 42.3 Å². The molecule has 2 fully saturated rings. The van der Waals surface area contributed by atoms with Crippen molar-refractivity contribution in [3.63, 3.8) is 0 Å². The maximum absolute atomic E-state index is 12.2. The Bertz CT molecular complexity index is 361. The molecule has 4 heteroatoms. The van der Waals surface area contributed by atoms with Gasteiger partial charge < -0.3 is 15.0 Å². The van der Waals surface area contributed by atoms with Crippen molar-refractivity contribution in [1.82, 2.24) is 10.2 Å². The van der Waals surface area contributed by atoms with Crippen molar-refractivity contribution in [1.29, 1.82) is 0 Å². The van der Waals surface area contributed by atoms with Crippen molar-refractivity contribution in [3.05, 3.63) is 0 Å². The molecule has 0 aromatic rings. The van der Waals surface area contributed by atoms with E-state index >= 15 is 0 Å². The van der Waals surface area contributed by atoms with Gasteiger partial charge in [-0.1, -0.05) is 19.3 Å². The van der Waals surface area contributed by atoms with Crippen LogP contribution in [0.25, 0.3) is 0 Å². The fraction of sp³-hybridized carbons (Fsp3) is 0.944. The van der Waals surface area contributed by atoms with Crippen molar-refractivity contribution in [2.75, 3.05) is 19.6 Å². The van der Waals surface area contributed by atoms with Gasteiger partial charge in [-0.15, -0.1) is 0 Å². The first kappa shape index (κ1) is 17.6. The molecule has 1 saturated carbocycles. The smallest absolute Gasteiger partial charge is 0.410 e. The number of carbonyl (C=O) groups excluding carboxylic acids is 1. The van der Waals surface area contributed by atoms with E-state index in [-0.39, 0.29) is 6.09 Å². The van der Waals surface area contributed by atoms with Crippen molar-refractivity contribution >= 4 is 6.09 Å². The van der Waals surface area contributed by atoms with Gasteiger partial charge in [-0.25, -0.2) is 4.79 Å². The molecular weight excluding hydrogens is 276 g/mol. The van der Waals surface area contributed by atoms with Crippen LogP contribution in [0, 0.1) is 11.8 Å². The zero-order valence-corrected chi connectivity index (χ0v) is 14.9. The first-order valence-corrected chi connectivity index (χ1v) is 9.06. The molecular formula is C18H34N2O2. The van der Waals surface area contributed by atoms with E-state index < -0.39 is 5.60 Å². The van der Waals surface area contributed by atoms with Gasteiger partial charge >= 0.3 is 6.09 Å².